The third-order valence-electron chi connectivity index (χ3n) is 4.21. The summed E-state index contributed by atoms with van der Waals surface area (Å²) < 4.78 is 6.39. The lowest BCUT2D eigenvalue weighted by Crippen LogP contribution is -2.58. The zero-order valence-electron chi connectivity index (χ0n) is 12.9. The molecular weight excluding hydrogens is 306 g/mol. The highest BCUT2D eigenvalue weighted by molar-refractivity contribution is 7.92. The lowest BCUT2D eigenvalue weighted by atomic mass is 9.97. The first-order chi connectivity index (χ1) is 10.4. The van der Waals surface area contributed by atoms with E-state index in [-0.39, 0.29) is 23.5 Å². The molecule has 0 aliphatic carbocycles. The average molecular weight is 329 g/mol. The van der Waals surface area contributed by atoms with Crippen LogP contribution in [0.4, 0.5) is 4.79 Å². The van der Waals surface area contributed by atoms with E-state index in [1.54, 1.807) is 6.08 Å². The molecular formula is C14H23N3O4S. The van der Waals surface area contributed by atoms with Crippen LogP contribution in [0.1, 0.15) is 26.7 Å². The van der Waals surface area contributed by atoms with Crippen LogP contribution >= 0.6 is 12.2 Å². The lowest BCUT2D eigenvalue weighted by Gasteiger charge is -2.43. The molecule has 1 amide bonds. The number of carbonyl (C=O) groups is 2. The Bertz CT molecular complexity index is 449. The van der Waals surface area contributed by atoms with Gasteiger partial charge in [0.1, 0.15) is 0 Å². The maximum atomic E-state index is 12.6. The van der Waals surface area contributed by atoms with Gasteiger partial charge in [-0.2, -0.15) is 0 Å². The minimum absolute atomic E-state index is 0.123. The Morgan fingerprint density at radius 2 is 2.23 bits per heavy atom. The van der Waals surface area contributed by atoms with Gasteiger partial charge in [-0.1, -0.05) is 19.9 Å². The van der Waals surface area contributed by atoms with Crippen LogP contribution in [-0.2, 0) is 8.98 Å². The molecule has 1 spiro atoms. The summed E-state index contributed by atoms with van der Waals surface area (Å²) in [4.78, 5) is 24.9. The summed E-state index contributed by atoms with van der Waals surface area (Å²) in [6, 6.07) is -0.172. The third kappa shape index (κ3) is 3.39. The topological polar surface area (TPSA) is 82.1 Å². The van der Waals surface area contributed by atoms with E-state index in [0.29, 0.717) is 19.6 Å². The molecule has 2 heterocycles. The first-order valence-corrected chi connectivity index (χ1v) is 8.12. The van der Waals surface area contributed by atoms with Gasteiger partial charge in [0.05, 0.1) is 11.7 Å². The first kappa shape index (κ1) is 17.1. The maximum Gasteiger partial charge on any atom is 0.519 e. The van der Waals surface area contributed by atoms with Gasteiger partial charge in [-0.25, -0.2) is 9.10 Å². The van der Waals surface area contributed by atoms with Crippen molar-refractivity contribution in [2.24, 2.45) is 5.92 Å². The summed E-state index contributed by atoms with van der Waals surface area (Å²) in [5.74, 6) is 0.347. The van der Waals surface area contributed by atoms with Gasteiger partial charge in [-0.15, -0.1) is 6.58 Å². The predicted octanol–water partition coefficient (Wildman–Crippen LogP) is 1.68. The summed E-state index contributed by atoms with van der Waals surface area (Å²) >= 11 is 0.852. The molecule has 7 nitrogen and oxygen atoms in total. The quantitative estimate of drug-likeness (QED) is 0.451. The second kappa shape index (κ2) is 6.89. The van der Waals surface area contributed by atoms with E-state index < -0.39 is 6.16 Å². The van der Waals surface area contributed by atoms with E-state index in [4.69, 9.17) is 5.11 Å². The van der Waals surface area contributed by atoms with Crippen LogP contribution < -0.4 is 5.32 Å². The molecule has 0 aromatic carbocycles. The van der Waals surface area contributed by atoms with Gasteiger partial charge < -0.3 is 14.2 Å². The van der Waals surface area contributed by atoms with Crippen molar-refractivity contribution >= 4 is 24.3 Å². The van der Waals surface area contributed by atoms with E-state index in [9.17, 15) is 9.59 Å². The standard InChI is InChI=1S/C14H23N3O4S/c1-4-7-17-12(18)11(10(2)3)15-14(17)5-8-16(9-6-14)22-21-13(19)20/h4,10-11,15H,1,5-9H2,2-3H3,(H,19,20). The lowest BCUT2D eigenvalue weighted by molar-refractivity contribution is -0.133. The molecule has 2 aliphatic rings. The van der Waals surface area contributed by atoms with Crippen molar-refractivity contribution in [2.45, 2.75) is 38.4 Å². The second-order valence-electron chi connectivity index (χ2n) is 5.99. The summed E-state index contributed by atoms with van der Waals surface area (Å²) in [6.07, 6.45) is 1.91. The highest BCUT2D eigenvalue weighted by atomic mass is 32.2. The summed E-state index contributed by atoms with van der Waals surface area (Å²) in [7, 11) is 0. The second-order valence-corrected chi connectivity index (χ2v) is 6.82. The van der Waals surface area contributed by atoms with Crippen molar-refractivity contribution in [2.75, 3.05) is 19.6 Å². The van der Waals surface area contributed by atoms with Gasteiger partial charge in [0.25, 0.3) is 0 Å². The van der Waals surface area contributed by atoms with Crippen molar-refractivity contribution < 1.29 is 18.9 Å². The molecule has 124 valence electrons. The SMILES string of the molecule is C=CCN1C(=O)C(C(C)C)NC12CCN(SOC(=O)O)CC2. The van der Waals surface area contributed by atoms with Gasteiger partial charge in [0.2, 0.25) is 5.91 Å². The number of carbonyl (C=O) groups excluding carboxylic acids is 1. The van der Waals surface area contributed by atoms with Crippen molar-refractivity contribution in [3.05, 3.63) is 12.7 Å². The number of amides is 1. The average Bonchev–Trinajstić information content (AvgIpc) is 2.73. The molecule has 0 radical (unpaired) electrons. The van der Waals surface area contributed by atoms with Crippen molar-refractivity contribution in [3.8, 4) is 0 Å². The van der Waals surface area contributed by atoms with Crippen LogP contribution in [0.25, 0.3) is 0 Å². The predicted molar refractivity (Wildman–Crippen MR) is 83.9 cm³/mol. The highest BCUT2D eigenvalue weighted by Crippen LogP contribution is 2.35. The van der Waals surface area contributed by atoms with Gasteiger partial charge in [0.15, 0.2) is 12.2 Å². The summed E-state index contributed by atoms with van der Waals surface area (Å²) in [5, 5.41) is 12.1. The van der Waals surface area contributed by atoms with Gasteiger partial charge >= 0.3 is 6.16 Å². The number of piperidine rings is 1. The fourth-order valence-electron chi connectivity index (χ4n) is 3.08. The van der Waals surface area contributed by atoms with Gasteiger partial charge in [-0.05, 0) is 18.8 Å². The van der Waals surface area contributed by atoms with E-state index in [0.717, 1.165) is 25.1 Å². The number of hydrogen-bond donors (Lipinski definition) is 2. The molecule has 22 heavy (non-hydrogen) atoms. The normalized spacial score (nSPS) is 25.0. The zero-order chi connectivity index (χ0) is 16.3. The Morgan fingerprint density at radius 3 is 2.73 bits per heavy atom. The van der Waals surface area contributed by atoms with Gasteiger partial charge in [-0.3, -0.25) is 10.1 Å². The fraction of sp³-hybridized carbons (Fsp3) is 0.714. The van der Waals surface area contributed by atoms with Gasteiger partial charge in [0, 0.05) is 19.6 Å². The molecule has 1 atom stereocenters. The molecule has 2 rings (SSSR count). The Labute approximate surface area is 135 Å². The monoisotopic (exact) mass is 329 g/mol. The molecule has 2 aliphatic heterocycles. The van der Waals surface area contributed by atoms with E-state index in [2.05, 4.69) is 16.1 Å². The van der Waals surface area contributed by atoms with Crippen LogP contribution in [0, 0.1) is 5.92 Å². The Hall–Kier alpha value is -1.25. The molecule has 2 saturated heterocycles. The molecule has 0 bridgehead atoms. The van der Waals surface area contributed by atoms with E-state index in [1.807, 2.05) is 23.1 Å². The fourth-order valence-corrected chi connectivity index (χ4v) is 3.58. The van der Waals surface area contributed by atoms with E-state index >= 15 is 0 Å². The zero-order valence-corrected chi connectivity index (χ0v) is 13.8. The smallest absolute Gasteiger partial charge is 0.449 e. The Kier molecular flexibility index (Phi) is 5.36. The maximum absolute atomic E-state index is 12.6. The molecule has 2 N–H and O–H groups in total. The summed E-state index contributed by atoms with van der Waals surface area (Å²) in [5.41, 5.74) is -0.361. The number of hydrogen-bond acceptors (Lipinski definition) is 6. The van der Waals surface area contributed by atoms with Crippen LogP contribution in [0.3, 0.4) is 0 Å². The van der Waals surface area contributed by atoms with Crippen molar-refractivity contribution in [3.63, 3.8) is 0 Å². The number of rotatable bonds is 5. The molecule has 1 unspecified atom stereocenters. The van der Waals surface area contributed by atoms with Crippen LogP contribution in [0.2, 0.25) is 0 Å². The van der Waals surface area contributed by atoms with Crippen molar-refractivity contribution in [1.29, 1.82) is 0 Å². The molecule has 2 fully saturated rings. The first-order valence-electron chi connectivity index (χ1n) is 7.42. The Morgan fingerprint density at radius 1 is 1.59 bits per heavy atom. The largest absolute Gasteiger partial charge is 0.519 e. The Balaban J connectivity index is 2.04. The molecule has 8 heteroatoms. The highest BCUT2D eigenvalue weighted by Gasteiger charge is 2.51. The minimum Gasteiger partial charge on any atom is -0.449 e. The number of nitrogens with one attached hydrogen (secondary N) is 1. The van der Waals surface area contributed by atoms with Crippen LogP contribution in [-0.4, -0.2) is 57.7 Å². The third-order valence-corrected chi connectivity index (χ3v) is 5.01. The number of nitrogens with zero attached hydrogens (tertiary/aromatic N) is 2. The molecule has 0 aromatic rings. The minimum atomic E-state index is -1.30. The summed E-state index contributed by atoms with van der Waals surface area (Å²) in [6.45, 7) is 9.64. The van der Waals surface area contributed by atoms with E-state index in [1.165, 1.54) is 0 Å². The molecule has 0 saturated carbocycles. The van der Waals surface area contributed by atoms with Crippen LogP contribution in [0.15, 0.2) is 12.7 Å². The molecule has 0 aromatic heterocycles. The van der Waals surface area contributed by atoms with Crippen LogP contribution in [0.5, 0.6) is 0 Å². The van der Waals surface area contributed by atoms with Crippen molar-refractivity contribution in [1.82, 2.24) is 14.5 Å². The number of carboxylic acid groups (broad SMARTS) is 1.